The highest BCUT2D eigenvalue weighted by atomic mass is 35.5. The molecule has 0 saturated heterocycles. The van der Waals surface area contributed by atoms with Crippen LogP contribution in [0.1, 0.15) is 11.1 Å². The molecule has 4 nitrogen and oxygen atoms in total. The van der Waals surface area contributed by atoms with Gasteiger partial charge in [-0.25, -0.2) is 0 Å². The summed E-state index contributed by atoms with van der Waals surface area (Å²) >= 11 is 0. The Morgan fingerprint density at radius 3 is 2.57 bits per heavy atom. The number of alkyl halides is 3. The average molecular weight is 327 g/mol. The maximum absolute atomic E-state index is 12.7. The Balaban J connectivity index is 0.00000400. The number of hydrogen-bond donors (Lipinski definition) is 2. The van der Waals surface area contributed by atoms with E-state index in [1.807, 2.05) is 0 Å². The molecule has 0 radical (unpaired) electrons. The van der Waals surface area contributed by atoms with E-state index in [4.69, 9.17) is 4.74 Å². The highest BCUT2D eigenvalue weighted by molar-refractivity contribution is 5.93. The van der Waals surface area contributed by atoms with Crippen molar-refractivity contribution in [2.75, 3.05) is 32.1 Å². The van der Waals surface area contributed by atoms with Crippen LogP contribution < -0.4 is 10.6 Å². The first-order valence-corrected chi connectivity index (χ1v) is 6.02. The summed E-state index contributed by atoms with van der Waals surface area (Å²) in [6, 6.07) is 3.70. The van der Waals surface area contributed by atoms with Crippen molar-refractivity contribution in [2.45, 2.75) is 13.1 Å². The summed E-state index contributed by atoms with van der Waals surface area (Å²) < 4.78 is 42.9. The van der Waals surface area contributed by atoms with Crippen LogP contribution in [-0.2, 0) is 15.7 Å². The molecular formula is C13H18ClF3N2O2. The van der Waals surface area contributed by atoms with Gasteiger partial charge in [-0.2, -0.15) is 13.2 Å². The van der Waals surface area contributed by atoms with Crippen LogP contribution in [0.15, 0.2) is 18.2 Å². The lowest BCUT2D eigenvalue weighted by Crippen LogP contribution is -2.30. The molecule has 0 aliphatic carbocycles. The molecule has 8 heteroatoms. The molecule has 120 valence electrons. The van der Waals surface area contributed by atoms with Gasteiger partial charge in [0.05, 0.1) is 18.7 Å². The minimum absolute atomic E-state index is 0. The van der Waals surface area contributed by atoms with E-state index in [0.717, 1.165) is 6.07 Å². The molecule has 0 heterocycles. The van der Waals surface area contributed by atoms with Crippen molar-refractivity contribution in [3.8, 4) is 0 Å². The lowest BCUT2D eigenvalue weighted by atomic mass is 10.1. The Labute approximate surface area is 127 Å². The number of halogens is 4. The zero-order valence-corrected chi connectivity index (χ0v) is 12.5. The Morgan fingerprint density at radius 2 is 2.00 bits per heavy atom. The zero-order chi connectivity index (χ0) is 15.2. The molecule has 1 aromatic carbocycles. The summed E-state index contributed by atoms with van der Waals surface area (Å²) in [5, 5.41) is 5.27. The van der Waals surface area contributed by atoms with Crippen molar-refractivity contribution in [2.24, 2.45) is 0 Å². The van der Waals surface area contributed by atoms with Crippen LogP contribution in [0.4, 0.5) is 18.9 Å². The maximum atomic E-state index is 12.7. The molecule has 0 unspecified atom stereocenters. The number of hydrogen-bond acceptors (Lipinski definition) is 3. The number of carbonyl (C=O) groups excluding carboxylic acids is 1. The normalized spacial score (nSPS) is 10.9. The van der Waals surface area contributed by atoms with E-state index in [0.29, 0.717) is 13.2 Å². The van der Waals surface area contributed by atoms with Crippen molar-refractivity contribution in [3.05, 3.63) is 29.3 Å². The fourth-order valence-corrected chi connectivity index (χ4v) is 1.65. The van der Waals surface area contributed by atoms with Crippen LogP contribution in [0.2, 0.25) is 0 Å². The van der Waals surface area contributed by atoms with Gasteiger partial charge in [-0.15, -0.1) is 12.4 Å². The van der Waals surface area contributed by atoms with Gasteiger partial charge in [0.25, 0.3) is 0 Å². The number of carbonyl (C=O) groups is 1. The van der Waals surface area contributed by atoms with Crippen molar-refractivity contribution < 1.29 is 22.7 Å². The van der Waals surface area contributed by atoms with E-state index in [2.05, 4.69) is 10.6 Å². The van der Waals surface area contributed by atoms with E-state index in [1.54, 1.807) is 0 Å². The monoisotopic (exact) mass is 326 g/mol. The van der Waals surface area contributed by atoms with Gasteiger partial charge >= 0.3 is 6.18 Å². The first-order chi connectivity index (χ1) is 9.36. The second kappa shape index (κ2) is 8.86. The Hall–Kier alpha value is -1.31. The number of nitrogens with one attached hydrogen (secondary N) is 2. The first kappa shape index (κ1) is 19.7. The van der Waals surface area contributed by atoms with Gasteiger partial charge in [0, 0.05) is 19.3 Å². The summed E-state index contributed by atoms with van der Waals surface area (Å²) in [6.07, 6.45) is -4.43. The van der Waals surface area contributed by atoms with Crippen LogP contribution in [0.3, 0.4) is 0 Å². The van der Waals surface area contributed by atoms with Crippen molar-refractivity contribution >= 4 is 24.0 Å². The van der Waals surface area contributed by atoms with Crippen molar-refractivity contribution in [1.82, 2.24) is 5.32 Å². The van der Waals surface area contributed by atoms with Crippen LogP contribution in [-0.4, -0.2) is 32.7 Å². The van der Waals surface area contributed by atoms with Gasteiger partial charge in [-0.1, -0.05) is 6.07 Å². The lowest BCUT2D eigenvalue weighted by molar-refractivity contribution is -0.138. The SMILES string of the molecule is COCCNCC(=O)Nc1cccc(C(F)(F)F)c1C.Cl. The quantitative estimate of drug-likeness (QED) is 0.790. The number of rotatable bonds is 6. The Morgan fingerprint density at radius 1 is 1.33 bits per heavy atom. The highest BCUT2D eigenvalue weighted by Gasteiger charge is 2.32. The molecule has 0 atom stereocenters. The fourth-order valence-electron chi connectivity index (χ4n) is 1.65. The van der Waals surface area contributed by atoms with Crippen LogP contribution in [0.25, 0.3) is 0 Å². The average Bonchev–Trinajstić information content (AvgIpc) is 2.36. The van der Waals surface area contributed by atoms with E-state index >= 15 is 0 Å². The topological polar surface area (TPSA) is 50.4 Å². The predicted molar refractivity (Wildman–Crippen MR) is 76.8 cm³/mol. The third-order valence-corrected chi connectivity index (χ3v) is 2.68. The van der Waals surface area contributed by atoms with E-state index < -0.39 is 17.6 Å². The largest absolute Gasteiger partial charge is 0.416 e. The summed E-state index contributed by atoms with van der Waals surface area (Å²) in [5.74, 6) is -0.400. The highest BCUT2D eigenvalue weighted by Crippen LogP contribution is 2.34. The standard InChI is InChI=1S/C13H17F3N2O2.ClH/c1-9-10(13(14,15)16)4-3-5-11(9)18-12(19)8-17-6-7-20-2;/h3-5,17H,6-8H2,1-2H3,(H,18,19);1H. The smallest absolute Gasteiger partial charge is 0.383 e. The van der Waals surface area contributed by atoms with Crippen LogP contribution in [0, 0.1) is 6.92 Å². The fraction of sp³-hybridized carbons (Fsp3) is 0.462. The number of methoxy groups -OCH3 is 1. The third-order valence-electron chi connectivity index (χ3n) is 2.68. The van der Waals surface area contributed by atoms with E-state index in [-0.39, 0.29) is 30.2 Å². The molecule has 1 amide bonds. The number of amides is 1. The van der Waals surface area contributed by atoms with Gasteiger partial charge in [0.15, 0.2) is 0 Å². The molecular weight excluding hydrogens is 309 g/mol. The molecule has 1 aromatic rings. The number of benzene rings is 1. The third kappa shape index (κ3) is 6.33. The van der Waals surface area contributed by atoms with E-state index in [1.165, 1.54) is 26.2 Å². The van der Waals surface area contributed by atoms with Gasteiger partial charge in [-0.05, 0) is 24.6 Å². The zero-order valence-electron chi connectivity index (χ0n) is 11.7. The summed E-state index contributed by atoms with van der Waals surface area (Å²) in [4.78, 5) is 11.6. The summed E-state index contributed by atoms with van der Waals surface area (Å²) in [7, 11) is 1.54. The molecule has 0 aromatic heterocycles. The van der Waals surface area contributed by atoms with Gasteiger partial charge in [0.2, 0.25) is 5.91 Å². The number of ether oxygens (including phenoxy) is 1. The van der Waals surface area contributed by atoms with Gasteiger partial charge in [0.1, 0.15) is 0 Å². The maximum Gasteiger partial charge on any atom is 0.416 e. The first-order valence-electron chi connectivity index (χ1n) is 6.02. The Kier molecular flexibility index (Phi) is 8.31. The molecule has 0 spiro atoms. The lowest BCUT2D eigenvalue weighted by Gasteiger charge is -2.14. The number of anilines is 1. The molecule has 0 aliphatic heterocycles. The minimum Gasteiger partial charge on any atom is -0.383 e. The minimum atomic E-state index is -4.43. The predicted octanol–water partition coefficient (Wildman–Crippen LogP) is 2.61. The molecule has 0 aliphatic rings. The van der Waals surface area contributed by atoms with Crippen LogP contribution >= 0.6 is 12.4 Å². The molecule has 21 heavy (non-hydrogen) atoms. The second-order valence-electron chi connectivity index (χ2n) is 4.19. The van der Waals surface area contributed by atoms with Gasteiger partial charge < -0.3 is 15.4 Å². The van der Waals surface area contributed by atoms with Gasteiger partial charge in [-0.3, -0.25) is 4.79 Å². The summed E-state index contributed by atoms with van der Waals surface area (Å²) in [6.45, 7) is 2.29. The molecule has 0 bridgehead atoms. The molecule has 0 fully saturated rings. The van der Waals surface area contributed by atoms with Crippen LogP contribution in [0.5, 0.6) is 0 Å². The van der Waals surface area contributed by atoms with Crippen molar-refractivity contribution in [1.29, 1.82) is 0 Å². The molecule has 0 saturated carbocycles. The Bertz CT molecular complexity index is 467. The summed E-state index contributed by atoms with van der Waals surface area (Å²) in [5.41, 5.74) is -0.578. The van der Waals surface area contributed by atoms with E-state index in [9.17, 15) is 18.0 Å². The van der Waals surface area contributed by atoms with Crippen molar-refractivity contribution in [3.63, 3.8) is 0 Å². The second-order valence-corrected chi connectivity index (χ2v) is 4.19. The molecule has 1 rings (SSSR count). The molecule has 2 N–H and O–H groups in total.